The van der Waals surface area contributed by atoms with Gasteiger partial charge in [0.25, 0.3) is 5.91 Å². The van der Waals surface area contributed by atoms with Crippen molar-refractivity contribution >= 4 is 27.5 Å². The number of anilines is 1. The summed E-state index contributed by atoms with van der Waals surface area (Å²) in [7, 11) is 2.12. The molecule has 1 fully saturated rings. The van der Waals surface area contributed by atoms with Crippen LogP contribution in [0.4, 0.5) is 5.69 Å². The number of halogens is 1. The van der Waals surface area contributed by atoms with E-state index in [1.807, 2.05) is 29.2 Å². The molecule has 0 saturated carbocycles. The van der Waals surface area contributed by atoms with Crippen molar-refractivity contribution in [3.8, 4) is 0 Å². The van der Waals surface area contributed by atoms with E-state index < -0.39 is 0 Å². The first-order valence-corrected chi connectivity index (χ1v) is 7.31. The van der Waals surface area contributed by atoms with Crippen LogP contribution in [0.2, 0.25) is 0 Å². The summed E-state index contributed by atoms with van der Waals surface area (Å²) in [4.78, 5) is 16.3. The molecule has 0 atom stereocenters. The summed E-state index contributed by atoms with van der Waals surface area (Å²) in [5.41, 5.74) is 0.947. The number of rotatable bonds is 3. The van der Waals surface area contributed by atoms with Gasteiger partial charge in [0.2, 0.25) is 0 Å². The number of piperidine rings is 1. The van der Waals surface area contributed by atoms with Gasteiger partial charge in [-0.25, -0.2) is 0 Å². The van der Waals surface area contributed by atoms with E-state index in [1.165, 1.54) is 6.08 Å². The summed E-state index contributed by atoms with van der Waals surface area (Å²) >= 11 is 3.42. The average molecular weight is 323 g/mol. The number of hydrogen-bond donors (Lipinski definition) is 0. The number of benzene rings is 1. The Morgan fingerprint density at radius 1 is 1.37 bits per heavy atom. The minimum atomic E-state index is -0.0168. The Morgan fingerprint density at radius 3 is 2.47 bits per heavy atom. The predicted molar refractivity (Wildman–Crippen MR) is 82.3 cm³/mol. The van der Waals surface area contributed by atoms with Crippen molar-refractivity contribution in [2.45, 2.75) is 18.9 Å². The third kappa shape index (κ3) is 3.45. The van der Waals surface area contributed by atoms with Gasteiger partial charge in [-0.3, -0.25) is 4.79 Å². The first-order valence-electron chi connectivity index (χ1n) is 6.51. The van der Waals surface area contributed by atoms with E-state index in [0.717, 1.165) is 36.1 Å². The van der Waals surface area contributed by atoms with Crippen LogP contribution in [-0.2, 0) is 4.79 Å². The summed E-state index contributed by atoms with van der Waals surface area (Å²) < 4.78 is 1.02. The molecule has 0 bridgehead atoms. The van der Waals surface area contributed by atoms with Crippen LogP contribution in [0, 0.1) is 0 Å². The second kappa shape index (κ2) is 6.35. The van der Waals surface area contributed by atoms with Crippen LogP contribution < -0.4 is 4.90 Å². The van der Waals surface area contributed by atoms with Gasteiger partial charge in [-0.1, -0.05) is 22.5 Å². The predicted octanol–water partition coefficient (Wildman–Crippen LogP) is 3.06. The van der Waals surface area contributed by atoms with Crippen LogP contribution in [-0.4, -0.2) is 37.0 Å². The van der Waals surface area contributed by atoms with Gasteiger partial charge in [-0.05, 0) is 63.3 Å². The third-order valence-electron chi connectivity index (χ3n) is 3.57. The van der Waals surface area contributed by atoms with Gasteiger partial charge in [0, 0.05) is 16.2 Å². The van der Waals surface area contributed by atoms with E-state index in [0.29, 0.717) is 0 Å². The topological polar surface area (TPSA) is 23.6 Å². The fourth-order valence-corrected chi connectivity index (χ4v) is 2.74. The van der Waals surface area contributed by atoms with E-state index in [2.05, 4.69) is 34.5 Å². The van der Waals surface area contributed by atoms with Crippen molar-refractivity contribution in [3.63, 3.8) is 0 Å². The number of amides is 1. The lowest BCUT2D eigenvalue weighted by Gasteiger charge is -2.36. The van der Waals surface area contributed by atoms with Crippen LogP contribution in [0.5, 0.6) is 0 Å². The fourth-order valence-electron chi connectivity index (χ4n) is 2.47. The SMILES string of the molecule is C=CC(=O)N(c1ccc(Br)cc1)C1CCN(C)CC1. The van der Waals surface area contributed by atoms with Crippen LogP contribution in [0.3, 0.4) is 0 Å². The molecular formula is C15H19BrN2O. The molecule has 0 radical (unpaired) electrons. The molecule has 0 aliphatic carbocycles. The lowest BCUT2D eigenvalue weighted by atomic mass is 10.0. The number of nitrogens with zero attached hydrogens (tertiary/aromatic N) is 2. The van der Waals surface area contributed by atoms with Crippen LogP contribution in [0.25, 0.3) is 0 Å². The van der Waals surface area contributed by atoms with Crippen molar-refractivity contribution in [2.24, 2.45) is 0 Å². The number of carbonyl (C=O) groups is 1. The summed E-state index contributed by atoms with van der Waals surface area (Å²) in [5, 5.41) is 0. The molecule has 102 valence electrons. The van der Waals surface area contributed by atoms with E-state index in [-0.39, 0.29) is 11.9 Å². The zero-order chi connectivity index (χ0) is 13.8. The molecule has 4 heteroatoms. The maximum atomic E-state index is 12.2. The maximum absolute atomic E-state index is 12.2. The van der Waals surface area contributed by atoms with Gasteiger partial charge in [0.05, 0.1) is 0 Å². The second-order valence-electron chi connectivity index (χ2n) is 4.92. The largest absolute Gasteiger partial charge is 0.306 e. The number of likely N-dealkylation sites (tertiary alicyclic amines) is 1. The lowest BCUT2D eigenvalue weighted by Crippen LogP contribution is -2.46. The highest BCUT2D eigenvalue weighted by molar-refractivity contribution is 9.10. The maximum Gasteiger partial charge on any atom is 0.250 e. The highest BCUT2D eigenvalue weighted by Crippen LogP contribution is 2.25. The van der Waals surface area contributed by atoms with Crippen molar-refractivity contribution in [1.82, 2.24) is 4.90 Å². The highest BCUT2D eigenvalue weighted by atomic mass is 79.9. The normalized spacial score (nSPS) is 17.2. The molecule has 1 aliphatic rings. The van der Waals surface area contributed by atoms with Gasteiger partial charge in [0.1, 0.15) is 0 Å². The molecule has 0 unspecified atom stereocenters. The molecule has 0 aromatic heterocycles. The molecule has 2 rings (SSSR count). The monoisotopic (exact) mass is 322 g/mol. The minimum absolute atomic E-state index is 0.0168. The van der Waals surface area contributed by atoms with Crippen molar-refractivity contribution < 1.29 is 4.79 Å². The Bertz CT molecular complexity index is 450. The smallest absolute Gasteiger partial charge is 0.250 e. The van der Waals surface area contributed by atoms with Gasteiger partial charge in [0.15, 0.2) is 0 Å². The molecule has 3 nitrogen and oxygen atoms in total. The van der Waals surface area contributed by atoms with Gasteiger partial charge < -0.3 is 9.80 Å². The molecule has 19 heavy (non-hydrogen) atoms. The second-order valence-corrected chi connectivity index (χ2v) is 5.84. The fraction of sp³-hybridized carbons (Fsp3) is 0.400. The molecule has 0 N–H and O–H groups in total. The van der Waals surface area contributed by atoms with Crippen molar-refractivity contribution in [3.05, 3.63) is 41.4 Å². The minimum Gasteiger partial charge on any atom is -0.306 e. The van der Waals surface area contributed by atoms with Crippen LogP contribution >= 0.6 is 15.9 Å². The first kappa shape index (κ1) is 14.3. The molecule has 1 aromatic carbocycles. The zero-order valence-electron chi connectivity index (χ0n) is 11.2. The van der Waals surface area contributed by atoms with E-state index in [4.69, 9.17) is 0 Å². The van der Waals surface area contributed by atoms with Crippen molar-refractivity contribution in [2.75, 3.05) is 25.0 Å². The molecule has 1 aliphatic heterocycles. The summed E-state index contributed by atoms with van der Waals surface area (Å²) in [6.07, 6.45) is 3.42. The Hall–Kier alpha value is -1.13. The summed E-state index contributed by atoms with van der Waals surface area (Å²) in [6.45, 7) is 5.68. The molecule has 1 saturated heterocycles. The van der Waals surface area contributed by atoms with Crippen molar-refractivity contribution in [1.29, 1.82) is 0 Å². The number of hydrogen-bond acceptors (Lipinski definition) is 2. The number of carbonyl (C=O) groups excluding carboxylic acids is 1. The Kier molecular flexibility index (Phi) is 4.77. The van der Waals surface area contributed by atoms with Gasteiger partial charge in [-0.15, -0.1) is 0 Å². The van der Waals surface area contributed by atoms with Gasteiger partial charge in [-0.2, -0.15) is 0 Å². The zero-order valence-corrected chi connectivity index (χ0v) is 12.8. The van der Waals surface area contributed by atoms with E-state index >= 15 is 0 Å². The Balaban J connectivity index is 2.23. The van der Waals surface area contributed by atoms with E-state index in [9.17, 15) is 4.79 Å². The summed E-state index contributed by atoms with van der Waals surface area (Å²) in [6, 6.07) is 8.15. The quantitative estimate of drug-likeness (QED) is 0.798. The first-order chi connectivity index (χ1) is 9.11. The molecule has 0 spiro atoms. The van der Waals surface area contributed by atoms with E-state index in [1.54, 1.807) is 0 Å². The lowest BCUT2D eigenvalue weighted by molar-refractivity contribution is -0.114. The van der Waals surface area contributed by atoms with Crippen LogP contribution in [0.15, 0.2) is 41.4 Å². The summed E-state index contributed by atoms with van der Waals surface area (Å²) in [5.74, 6) is -0.0168. The third-order valence-corrected chi connectivity index (χ3v) is 4.10. The molecule has 1 heterocycles. The molecule has 1 amide bonds. The highest BCUT2D eigenvalue weighted by Gasteiger charge is 2.26. The molecule has 1 aromatic rings. The van der Waals surface area contributed by atoms with Crippen LogP contribution in [0.1, 0.15) is 12.8 Å². The average Bonchev–Trinajstić information content (AvgIpc) is 2.43. The Morgan fingerprint density at radius 2 is 1.95 bits per heavy atom. The Labute approximate surface area is 123 Å². The standard InChI is InChI=1S/C15H19BrN2O/c1-3-15(19)18(13-6-4-12(16)5-7-13)14-8-10-17(2)11-9-14/h3-7,14H,1,8-11H2,2H3. The molecular weight excluding hydrogens is 304 g/mol. The van der Waals surface area contributed by atoms with Gasteiger partial charge >= 0.3 is 0 Å².